The highest BCUT2D eigenvalue weighted by Crippen LogP contribution is 2.09. The van der Waals surface area contributed by atoms with E-state index in [1.54, 1.807) is 7.05 Å². The average molecular weight is 207 g/mol. The summed E-state index contributed by atoms with van der Waals surface area (Å²) in [7, 11) is 1.73. The van der Waals surface area contributed by atoms with Gasteiger partial charge in [-0.25, -0.2) is 9.18 Å². The van der Waals surface area contributed by atoms with Crippen LogP contribution in [-0.2, 0) is 0 Å². The number of benzene rings is 1. The molecule has 0 spiro atoms. The van der Waals surface area contributed by atoms with Gasteiger partial charge in [-0.15, -0.1) is 0 Å². The molecule has 0 aliphatic carbocycles. The zero-order valence-electron chi connectivity index (χ0n) is 8.17. The smallest absolute Gasteiger partial charge is 0.335 e. The molecule has 4 heteroatoms. The maximum Gasteiger partial charge on any atom is 0.335 e. The summed E-state index contributed by atoms with van der Waals surface area (Å²) in [5.74, 6) is 3.53. The number of aromatic carboxylic acids is 1. The van der Waals surface area contributed by atoms with E-state index in [9.17, 15) is 9.18 Å². The van der Waals surface area contributed by atoms with Crippen LogP contribution in [0.2, 0.25) is 0 Å². The van der Waals surface area contributed by atoms with Crippen LogP contribution in [0.1, 0.15) is 15.9 Å². The standard InChI is InChI=1S/C11H10FNO2/c1-13-6-2-3-8-4-5-9(11(14)15)7-10(8)12/h4-5,7,13H,6H2,1H3,(H,14,15). The predicted octanol–water partition coefficient (Wildman–Crippen LogP) is 1.09. The van der Waals surface area contributed by atoms with E-state index in [0.29, 0.717) is 6.54 Å². The number of rotatable bonds is 2. The molecular weight excluding hydrogens is 197 g/mol. The highest BCUT2D eigenvalue weighted by molar-refractivity contribution is 5.87. The van der Waals surface area contributed by atoms with Gasteiger partial charge in [0.1, 0.15) is 5.82 Å². The molecule has 0 bridgehead atoms. The fourth-order valence-electron chi connectivity index (χ4n) is 0.977. The van der Waals surface area contributed by atoms with Gasteiger partial charge < -0.3 is 10.4 Å². The fraction of sp³-hybridized carbons (Fsp3) is 0.182. The molecule has 0 radical (unpaired) electrons. The van der Waals surface area contributed by atoms with Crippen molar-refractivity contribution >= 4 is 5.97 Å². The molecule has 0 amide bonds. The lowest BCUT2D eigenvalue weighted by molar-refractivity contribution is 0.0696. The summed E-state index contributed by atoms with van der Waals surface area (Å²) in [5, 5.41) is 11.4. The Kier molecular flexibility index (Phi) is 3.83. The first kappa shape index (κ1) is 11.2. The molecule has 15 heavy (non-hydrogen) atoms. The Morgan fingerprint density at radius 2 is 2.33 bits per heavy atom. The Morgan fingerprint density at radius 3 is 2.87 bits per heavy atom. The molecule has 0 atom stereocenters. The second-order valence-electron chi connectivity index (χ2n) is 2.83. The summed E-state index contributed by atoms with van der Waals surface area (Å²) in [6.07, 6.45) is 0. The van der Waals surface area contributed by atoms with E-state index in [2.05, 4.69) is 17.2 Å². The molecule has 0 aliphatic rings. The van der Waals surface area contributed by atoms with Crippen LogP contribution in [0.3, 0.4) is 0 Å². The maximum absolute atomic E-state index is 13.3. The Morgan fingerprint density at radius 1 is 1.60 bits per heavy atom. The maximum atomic E-state index is 13.3. The number of carboxylic acid groups (broad SMARTS) is 1. The molecule has 1 rings (SSSR count). The first-order valence-corrected chi connectivity index (χ1v) is 4.31. The van der Waals surface area contributed by atoms with Gasteiger partial charge in [0.05, 0.1) is 17.7 Å². The van der Waals surface area contributed by atoms with Crippen molar-refractivity contribution < 1.29 is 14.3 Å². The summed E-state index contributed by atoms with van der Waals surface area (Å²) in [6, 6.07) is 3.65. The lowest BCUT2D eigenvalue weighted by Gasteiger charge is -1.96. The SMILES string of the molecule is CNCC#Cc1ccc(C(=O)O)cc1F. The van der Waals surface area contributed by atoms with E-state index in [1.807, 2.05) is 0 Å². The fourth-order valence-corrected chi connectivity index (χ4v) is 0.977. The van der Waals surface area contributed by atoms with Crippen LogP contribution in [0.5, 0.6) is 0 Å². The van der Waals surface area contributed by atoms with Crippen LogP contribution in [0, 0.1) is 17.7 Å². The van der Waals surface area contributed by atoms with Gasteiger partial charge in [0.2, 0.25) is 0 Å². The first-order valence-electron chi connectivity index (χ1n) is 4.31. The summed E-state index contributed by atoms with van der Waals surface area (Å²) >= 11 is 0. The number of hydrogen-bond donors (Lipinski definition) is 2. The van der Waals surface area contributed by atoms with Gasteiger partial charge in [0.15, 0.2) is 0 Å². The monoisotopic (exact) mass is 207 g/mol. The quantitative estimate of drug-likeness (QED) is 0.714. The third-order valence-corrected chi connectivity index (χ3v) is 1.70. The summed E-state index contributed by atoms with van der Waals surface area (Å²) in [5.41, 5.74) is 0.127. The van der Waals surface area contributed by atoms with Crippen LogP contribution in [0.25, 0.3) is 0 Å². The Labute approximate surface area is 86.9 Å². The van der Waals surface area contributed by atoms with Crippen molar-refractivity contribution in [2.75, 3.05) is 13.6 Å². The number of nitrogens with one attached hydrogen (secondary N) is 1. The lowest BCUT2D eigenvalue weighted by Crippen LogP contribution is -2.04. The van der Waals surface area contributed by atoms with Crippen LogP contribution in [0.15, 0.2) is 18.2 Å². The number of carbonyl (C=O) groups is 1. The highest BCUT2D eigenvalue weighted by Gasteiger charge is 2.06. The molecule has 0 heterocycles. The zero-order valence-corrected chi connectivity index (χ0v) is 8.17. The topological polar surface area (TPSA) is 49.3 Å². The van der Waals surface area contributed by atoms with Crippen LogP contribution >= 0.6 is 0 Å². The third kappa shape index (κ3) is 3.08. The molecule has 0 saturated heterocycles. The molecule has 0 aromatic heterocycles. The Bertz CT molecular complexity index is 432. The number of carboxylic acids is 1. The number of hydrogen-bond acceptors (Lipinski definition) is 2. The van der Waals surface area contributed by atoms with Crippen molar-refractivity contribution in [3.8, 4) is 11.8 Å². The minimum absolute atomic E-state index is 0.0772. The van der Waals surface area contributed by atoms with E-state index < -0.39 is 11.8 Å². The van der Waals surface area contributed by atoms with Gasteiger partial charge in [-0.2, -0.15) is 0 Å². The van der Waals surface area contributed by atoms with E-state index in [-0.39, 0.29) is 11.1 Å². The average Bonchev–Trinajstić information content (AvgIpc) is 2.20. The van der Waals surface area contributed by atoms with Crippen molar-refractivity contribution in [3.05, 3.63) is 35.1 Å². The van der Waals surface area contributed by atoms with Gasteiger partial charge in [0, 0.05) is 0 Å². The van der Waals surface area contributed by atoms with Crippen molar-refractivity contribution in [2.45, 2.75) is 0 Å². The molecule has 0 aliphatic heterocycles. The van der Waals surface area contributed by atoms with Crippen molar-refractivity contribution in [1.82, 2.24) is 5.32 Å². The first-order chi connectivity index (χ1) is 7.15. The normalized spacial score (nSPS) is 9.20. The molecular formula is C11H10FNO2. The second-order valence-corrected chi connectivity index (χ2v) is 2.83. The molecule has 0 saturated carbocycles. The molecule has 1 aromatic carbocycles. The van der Waals surface area contributed by atoms with Crippen molar-refractivity contribution in [1.29, 1.82) is 0 Å². The van der Waals surface area contributed by atoms with Crippen LogP contribution in [0.4, 0.5) is 4.39 Å². The number of halogens is 1. The highest BCUT2D eigenvalue weighted by atomic mass is 19.1. The van der Waals surface area contributed by atoms with Gasteiger partial charge in [-0.1, -0.05) is 11.8 Å². The van der Waals surface area contributed by atoms with E-state index in [0.717, 1.165) is 6.07 Å². The zero-order chi connectivity index (χ0) is 11.3. The van der Waals surface area contributed by atoms with Gasteiger partial charge in [-0.05, 0) is 25.2 Å². The van der Waals surface area contributed by atoms with Crippen molar-refractivity contribution in [2.24, 2.45) is 0 Å². The molecule has 0 fully saturated rings. The molecule has 3 nitrogen and oxygen atoms in total. The van der Waals surface area contributed by atoms with Crippen molar-refractivity contribution in [3.63, 3.8) is 0 Å². The molecule has 1 aromatic rings. The lowest BCUT2D eigenvalue weighted by atomic mass is 10.1. The van der Waals surface area contributed by atoms with E-state index in [1.165, 1.54) is 12.1 Å². The van der Waals surface area contributed by atoms with Gasteiger partial charge in [0.25, 0.3) is 0 Å². The summed E-state index contributed by atoms with van der Waals surface area (Å²) < 4.78 is 13.3. The second kappa shape index (κ2) is 5.13. The third-order valence-electron chi connectivity index (χ3n) is 1.70. The minimum atomic E-state index is -1.15. The largest absolute Gasteiger partial charge is 0.478 e. The summed E-state index contributed by atoms with van der Waals surface area (Å²) in [6.45, 7) is 0.458. The predicted molar refractivity (Wildman–Crippen MR) is 54.2 cm³/mol. The molecule has 2 N–H and O–H groups in total. The molecule has 78 valence electrons. The van der Waals surface area contributed by atoms with E-state index in [4.69, 9.17) is 5.11 Å². The Hall–Kier alpha value is -1.86. The van der Waals surface area contributed by atoms with Gasteiger partial charge in [-0.3, -0.25) is 0 Å². The summed E-state index contributed by atoms with van der Waals surface area (Å²) in [4.78, 5) is 10.5. The van der Waals surface area contributed by atoms with Crippen LogP contribution < -0.4 is 5.32 Å². The van der Waals surface area contributed by atoms with E-state index >= 15 is 0 Å². The Balaban J connectivity index is 2.95. The van der Waals surface area contributed by atoms with Gasteiger partial charge >= 0.3 is 5.97 Å². The minimum Gasteiger partial charge on any atom is -0.478 e. The molecule has 0 unspecified atom stereocenters. The van der Waals surface area contributed by atoms with Crippen LogP contribution in [-0.4, -0.2) is 24.7 Å².